The number of aliphatic hydroxyl groups is 1. The number of carbonyl (C=O) groups excluding carboxylic acids is 3. The lowest BCUT2D eigenvalue weighted by Gasteiger charge is -2.34. The average molecular weight is 456 g/mol. The molecule has 33 heavy (non-hydrogen) atoms. The summed E-state index contributed by atoms with van der Waals surface area (Å²) < 4.78 is 1.51. The SMILES string of the molecule is CNC(=O)C1CC(O)CN1C(=O)[C@@H](n1cc(CCC(=O)c2ccc(C)cc2)nn1)C(C)(C)C. The number of hydrogen-bond acceptors (Lipinski definition) is 6. The number of nitrogens with zero attached hydrogens (tertiary/aromatic N) is 4. The minimum absolute atomic E-state index is 0.0208. The number of amides is 2. The van der Waals surface area contributed by atoms with Gasteiger partial charge in [-0.3, -0.25) is 14.4 Å². The molecule has 1 aromatic carbocycles. The van der Waals surface area contributed by atoms with Gasteiger partial charge in [0.1, 0.15) is 12.1 Å². The van der Waals surface area contributed by atoms with Crippen molar-refractivity contribution in [2.45, 2.75) is 65.1 Å². The smallest absolute Gasteiger partial charge is 0.248 e. The summed E-state index contributed by atoms with van der Waals surface area (Å²) in [5, 5.41) is 21.1. The third-order valence-corrected chi connectivity index (χ3v) is 5.97. The van der Waals surface area contributed by atoms with Crippen LogP contribution in [0.5, 0.6) is 0 Å². The largest absolute Gasteiger partial charge is 0.391 e. The Labute approximate surface area is 194 Å². The molecule has 2 amide bonds. The molecular formula is C24H33N5O4. The number of β-amino-alcohol motifs (C(OH)–C–C–N with tert-alkyl or cyclic N) is 1. The van der Waals surface area contributed by atoms with Crippen LogP contribution in [0.15, 0.2) is 30.5 Å². The Morgan fingerprint density at radius 2 is 1.88 bits per heavy atom. The molecule has 178 valence electrons. The highest BCUT2D eigenvalue weighted by Gasteiger charge is 2.44. The van der Waals surface area contributed by atoms with E-state index in [4.69, 9.17) is 0 Å². The van der Waals surface area contributed by atoms with Gasteiger partial charge in [-0.2, -0.15) is 0 Å². The lowest BCUT2D eigenvalue weighted by atomic mass is 9.85. The molecule has 2 N–H and O–H groups in total. The van der Waals surface area contributed by atoms with E-state index in [1.807, 2.05) is 52.0 Å². The second kappa shape index (κ2) is 9.82. The molecule has 1 aliphatic heterocycles. The van der Waals surface area contributed by atoms with Crippen molar-refractivity contribution in [2.75, 3.05) is 13.6 Å². The molecular weight excluding hydrogens is 422 g/mol. The van der Waals surface area contributed by atoms with E-state index in [0.717, 1.165) is 5.56 Å². The quantitative estimate of drug-likeness (QED) is 0.614. The summed E-state index contributed by atoms with van der Waals surface area (Å²) in [4.78, 5) is 39.8. The van der Waals surface area contributed by atoms with Crippen LogP contribution in [-0.4, -0.2) is 68.3 Å². The van der Waals surface area contributed by atoms with E-state index in [0.29, 0.717) is 17.7 Å². The van der Waals surface area contributed by atoms with Gasteiger partial charge in [0.25, 0.3) is 0 Å². The van der Waals surface area contributed by atoms with Crippen LogP contribution in [0.3, 0.4) is 0 Å². The second-order valence-corrected chi connectivity index (χ2v) is 9.76. The zero-order chi connectivity index (χ0) is 24.3. The number of Topliss-reactive ketones (excluding diaryl/α,β-unsaturated/α-hetero) is 1. The minimum Gasteiger partial charge on any atom is -0.391 e. The predicted octanol–water partition coefficient (Wildman–Crippen LogP) is 1.70. The van der Waals surface area contributed by atoms with Gasteiger partial charge in [0.2, 0.25) is 11.8 Å². The monoisotopic (exact) mass is 455 g/mol. The van der Waals surface area contributed by atoms with Crippen molar-refractivity contribution in [3.8, 4) is 0 Å². The van der Waals surface area contributed by atoms with Crippen molar-refractivity contribution in [1.29, 1.82) is 0 Å². The maximum absolute atomic E-state index is 13.5. The topological polar surface area (TPSA) is 117 Å². The lowest BCUT2D eigenvalue weighted by molar-refractivity contribution is -0.144. The van der Waals surface area contributed by atoms with Crippen LogP contribution in [0.1, 0.15) is 61.3 Å². The Kier molecular flexibility index (Phi) is 7.31. The molecule has 0 aliphatic carbocycles. The summed E-state index contributed by atoms with van der Waals surface area (Å²) in [5.41, 5.74) is 1.84. The van der Waals surface area contributed by atoms with Crippen LogP contribution in [-0.2, 0) is 16.0 Å². The molecule has 2 unspecified atom stereocenters. The number of rotatable bonds is 7. The summed E-state index contributed by atoms with van der Waals surface area (Å²) in [6.07, 6.45) is 1.83. The summed E-state index contributed by atoms with van der Waals surface area (Å²) >= 11 is 0. The van der Waals surface area contributed by atoms with Gasteiger partial charge in [-0.1, -0.05) is 55.8 Å². The number of nitrogens with one attached hydrogen (secondary N) is 1. The number of likely N-dealkylation sites (tertiary alicyclic amines) is 1. The van der Waals surface area contributed by atoms with E-state index >= 15 is 0 Å². The van der Waals surface area contributed by atoms with Crippen molar-refractivity contribution >= 4 is 17.6 Å². The first-order chi connectivity index (χ1) is 15.5. The van der Waals surface area contributed by atoms with E-state index in [9.17, 15) is 19.5 Å². The fourth-order valence-corrected chi connectivity index (χ4v) is 4.19. The van der Waals surface area contributed by atoms with Gasteiger partial charge < -0.3 is 15.3 Å². The normalized spacial score (nSPS) is 19.4. The molecule has 0 spiro atoms. The summed E-state index contributed by atoms with van der Waals surface area (Å²) in [6.45, 7) is 7.81. The van der Waals surface area contributed by atoms with Crippen LogP contribution in [0.4, 0.5) is 0 Å². The van der Waals surface area contributed by atoms with Crippen LogP contribution in [0.2, 0.25) is 0 Å². The number of hydrogen-bond donors (Lipinski definition) is 2. The lowest BCUT2D eigenvalue weighted by Crippen LogP contribution is -2.49. The summed E-state index contributed by atoms with van der Waals surface area (Å²) in [6, 6.07) is 6.00. The molecule has 1 saturated heterocycles. The Morgan fingerprint density at radius 3 is 2.48 bits per heavy atom. The van der Waals surface area contributed by atoms with Gasteiger partial charge in [0.15, 0.2) is 5.78 Å². The zero-order valence-corrected chi connectivity index (χ0v) is 19.9. The van der Waals surface area contributed by atoms with Gasteiger partial charge in [-0.05, 0) is 12.3 Å². The third-order valence-electron chi connectivity index (χ3n) is 5.97. The van der Waals surface area contributed by atoms with Crippen molar-refractivity contribution in [1.82, 2.24) is 25.2 Å². The highest BCUT2D eigenvalue weighted by Crippen LogP contribution is 2.34. The van der Waals surface area contributed by atoms with Gasteiger partial charge >= 0.3 is 0 Å². The number of aryl methyl sites for hydroxylation is 2. The Hall–Kier alpha value is -3.07. The van der Waals surface area contributed by atoms with Crippen molar-refractivity contribution in [3.05, 3.63) is 47.3 Å². The van der Waals surface area contributed by atoms with E-state index in [1.54, 1.807) is 6.20 Å². The first-order valence-electron chi connectivity index (χ1n) is 11.2. The second-order valence-electron chi connectivity index (χ2n) is 9.76. The van der Waals surface area contributed by atoms with Gasteiger partial charge in [-0.15, -0.1) is 5.10 Å². The first-order valence-corrected chi connectivity index (χ1v) is 11.2. The molecule has 0 radical (unpaired) electrons. The molecule has 2 aromatic rings. The van der Waals surface area contributed by atoms with Gasteiger partial charge in [0, 0.05) is 44.6 Å². The highest BCUT2D eigenvalue weighted by molar-refractivity contribution is 5.96. The molecule has 1 aromatic heterocycles. The van der Waals surface area contributed by atoms with E-state index in [-0.39, 0.29) is 37.0 Å². The Balaban J connectivity index is 1.76. The molecule has 2 heterocycles. The number of benzene rings is 1. The highest BCUT2D eigenvalue weighted by atomic mass is 16.3. The van der Waals surface area contributed by atoms with Crippen LogP contribution in [0, 0.1) is 12.3 Å². The third kappa shape index (κ3) is 5.65. The van der Waals surface area contributed by atoms with Crippen LogP contribution >= 0.6 is 0 Å². The molecule has 0 bridgehead atoms. The molecule has 1 fully saturated rings. The maximum Gasteiger partial charge on any atom is 0.248 e. The van der Waals surface area contributed by atoms with Crippen molar-refractivity contribution in [2.24, 2.45) is 5.41 Å². The zero-order valence-electron chi connectivity index (χ0n) is 19.9. The fraction of sp³-hybridized carbons (Fsp3) is 0.542. The first kappa shape index (κ1) is 24.6. The molecule has 3 rings (SSSR count). The van der Waals surface area contributed by atoms with Crippen molar-refractivity contribution in [3.63, 3.8) is 0 Å². The minimum atomic E-state index is -0.754. The van der Waals surface area contributed by atoms with Crippen molar-refractivity contribution < 1.29 is 19.5 Å². The number of aromatic nitrogens is 3. The van der Waals surface area contributed by atoms with E-state index in [2.05, 4.69) is 15.6 Å². The maximum atomic E-state index is 13.5. The Bertz CT molecular complexity index is 1010. The van der Waals surface area contributed by atoms with Crippen LogP contribution < -0.4 is 5.32 Å². The average Bonchev–Trinajstić information content (AvgIpc) is 3.37. The van der Waals surface area contributed by atoms with Gasteiger partial charge in [-0.25, -0.2) is 4.68 Å². The fourth-order valence-electron chi connectivity index (χ4n) is 4.19. The Morgan fingerprint density at radius 1 is 1.21 bits per heavy atom. The summed E-state index contributed by atoms with van der Waals surface area (Å²) in [7, 11) is 1.51. The molecule has 1 aliphatic rings. The number of likely N-dealkylation sites (N-methyl/N-ethyl adjacent to an activating group) is 1. The number of ketones is 1. The molecule has 0 saturated carbocycles. The van der Waals surface area contributed by atoms with E-state index in [1.165, 1.54) is 16.6 Å². The standard InChI is InChI=1S/C24H33N5O4/c1-15-6-8-16(9-7-15)20(31)11-10-17-13-29(27-26-17)21(24(2,3)4)23(33)28-14-18(30)12-19(28)22(32)25-5/h6-9,13,18-19,21,30H,10-12,14H2,1-5H3,(H,25,32)/t18?,19?,21-/m1/s1. The molecule has 3 atom stereocenters. The number of carbonyl (C=O) groups is 3. The van der Waals surface area contributed by atoms with Crippen LogP contribution in [0.25, 0.3) is 0 Å². The number of aliphatic hydroxyl groups excluding tert-OH is 1. The molecule has 9 nitrogen and oxygen atoms in total. The van der Waals surface area contributed by atoms with E-state index < -0.39 is 23.6 Å². The predicted molar refractivity (Wildman–Crippen MR) is 123 cm³/mol. The molecule has 9 heteroatoms. The van der Waals surface area contributed by atoms with Gasteiger partial charge in [0.05, 0.1) is 11.8 Å². The summed E-state index contributed by atoms with van der Waals surface area (Å²) in [5.74, 6) is -0.575.